The van der Waals surface area contributed by atoms with Crippen LogP contribution in [-0.4, -0.2) is 23.3 Å². The van der Waals surface area contributed by atoms with Crippen LogP contribution in [0.1, 0.15) is 53.4 Å². The molecule has 1 saturated heterocycles. The maximum absolute atomic E-state index is 4.61. The van der Waals surface area contributed by atoms with Crippen molar-refractivity contribution in [2.75, 3.05) is 6.54 Å². The Kier molecular flexibility index (Phi) is 4.86. The van der Waals surface area contributed by atoms with Crippen molar-refractivity contribution in [1.82, 2.24) is 4.90 Å². The largest absolute Gasteiger partial charge is 0.357 e. The quantitative estimate of drug-likeness (QED) is 0.692. The van der Waals surface area contributed by atoms with Crippen LogP contribution in [0.25, 0.3) is 0 Å². The minimum atomic E-state index is 0.669. The van der Waals surface area contributed by atoms with Crippen LogP contribution in [0.3, 0.4) is 0 Å². The molecule has 86 valence electrons. The third-order valence-corrected chi connectivity index (χ3v) is 2.82. The van der Waals surface area contributed by atoms with Crippen molar-refractivity contribution in [2.45, 2.75) is 59.4 Å². The molecular formula is C13H24N2. The summed E-state index contributed by atoms with van der Waals surface area (Å²) in [4.78, 5) is 7.09. The molecular weight excluding hydrogens is 184 g/mol. The maximum atomic E-state index is 4.61. The second-order valence-corrected chi connectivity index (χ2v) is 4.69. The van der Waals surface area contributed by atoms with E-state index in [4.69, 9.17) is 0 Å². The molecule has 0 saturated carbocycles. The minimum absolute atomic E-state index is 0.669. The van der Waals surface area contributed by atoms with Gasteiger partial charge in [0.1, 0.15) is 5.84 Å². The summed E-state index contributed by atoms with van der Waals surface area (Å²) in [7, 11) is 0. The molecule has 1 aliphatic heterocycles. The smallest absolute Gasteiger partial charge is 0.104 e. The summed E-state index contributed by atoms with van der Waals surface area (Å²) < 4.78 is 0. The molecule has 0 unspecified atom stereocenters. The first-order chi connectivity index (χ1) is 7.15. The van der Waals surface area contributed by atoms with Crippen LogP contribution < -0.4 is 0 Å². The predicted molar refractivity (Wildman–Crippen MR) is 67.2 cm³/mol. The van der Waals surface area contributed by atoms with Gasteiger partial charge in [-0.2, -0.15) is 0 Å². The maximum Gasteiger partial charge on any atom is 0.104 e. The van der Waals surface area contributed by atoms with Crippen molar-refractivity contribution in [3.63, 3.8) is 0 Å². The molecule has 0 radical (unpaired) electrons. The van der Waals surface area contributed by atoms with Gasteiger partial charge in [0, 0.05) is 25.2 Å². The van der Waals surface area contributed by atoms with E-state index < -0.39 is 0 Å². The van der Waals surface area contributed by atoms with E-state index in [1.165, 1.54) is 30.7 Å². The lowest BCUT2D eigenvalue weighted by Crippen LogP contribution is -2.42. The fourth-order valence-electron chi connectivity index (χ4n) is 2.04. The molecule has 15 heavy (non-hydrogen) atoms. The van der Waals surface area contributed by atoms with Crippen LogP contribution >= 0.6 is 0 Å². The van der Waals surface area contributed by atoms with Crippen LogP contribution in [0.4, 0.5) is 0 Å². The van der Waals surface area contributed by atoms with Gasteiger partial charge in [-0.15, -0.1) is 0 Å². The molecule has 0 bridgehead atoms. The molecule has 1 rings (SSSR count). The zero-order valence-corrected chi connectivity index (χ0v) is 10.6. The molecule has 2 nitrogen and oxygen atoms in total. The summed E-state index contributed by atoms with van der Waals surface area (Å²) >= 11 is 0. The fraction of sp³-hybridized carbons (Fsp3) is 0.769. The van der Waals surface area contributed by atoms with Gasteiger partial charge in [-0.3, -0.25) is 0 Å². The lowest BCUT2D eigenvalue weighted by atomic mass is 10.0. The Morgan fingerprint density at radius 3 is 2.87 bits per heavy atom. The van der Waals surface area contributed by atoms with E-state index in [0.29, 0.717) is 6.04 Å². The number of nitrogens with zero attached hydrogens (tertiary/aromatic N) is 2. The average molecular weight is 208 g/mol. The van der Waals surface area contributed by atoms with Gasteiger partial charge in [-0.1, -0.05) is 12.5 Å². The first kappa shape index (κ1) is 12.3. The molecule has 0 aliphatic carbocycles. The molecule has 1 atom stereocenters. The molecule has 0 N–H and O–H groups in total. The molecule has 1 fully saturated rings. The lowest BCUT2D eigenvalue weighted by Gasteiger charge is -2.36. The van der Waals surface area contributed by atoms with Crippen molar-refractivity contribution in [2.24, 2.45) is 4.99 Å². The third-order valence-electron chi connectivity index (χ3n) is 2.82. The number of hydrogen-bond donors (Lipinski definition) is 0. The molecule has 0 aromatic rings. The first-order valence-electron chi connectivity index (χ1n) is 6.11. The van der Waals surface area contributed by atoms with Crippen molar-refractivity contribution in [3.8, 4) is 0 Å². The number of aliphatic imine (C=N–C) groups is 1. The highest BCUT2D eigenvalue weighted by Gasteiger charge is 2.21. The zero-order valence-electron chi connectivity index (χ0n) is 10.6. The summed E-state index contributed by atoms with van der Waals surface area (Å²) in [6.07, 6.45) is 6.95. The van der Waals surface area contributed by atoms with Crippen molar-refractivity contribution >= 4 is 5.84 Å². The van der Waals surface area contributed by atoms with Gasteiger partial charge in [0.25, 0.3) is 0 Å². The zero-order chi connectivity index (χ0) is 11.3. The molecule has 0 spiro atoms. The summed E-state index contributed by atoms with van der Waals surface area (Å²) in [6, 6.07) is 0.669. The Balaban J connectivity index is 2.74. The van der Waals surface area contributed by atoms with Gasteiger partial charge in [0.2, 0.25) is 0 Å². The normalized spacial score (nSPS) is 24.4. The van der Waals surface area contributed by atoms with E-state index in [-0.39, 0.29) is 0 Å². The fourth-order valence-corrected chi connectivity index (χ4v) is 2.04. The summed E-state index contributed by atoms with van der Waals surface area (Å²) in [5.41, 5.74) is 1.28. The van der Waals surface area contributed by atoms with Crippen LogP contribution in [0, 0.1) is 0 Å². The SMILES string of the molecule is CCCN1C(=NC=C(C)C)CCC[C@H]1C. The lowest BCUT2D eigenvalue weighted by molar-refractivity contribution is 0.281. The van der Waals surface area contributed by atoms with Gasteiger partial charge in [-0.05, 0) is 40.0 Å². The topological polar surface area (TPSA) is 15.6 Å². The highest BCUT2D eigenvalue weighted by atomic mass is 15.2. The van der Waals surface area contributed by atoms with E-state index in [1.54, 1.807) is 0 Å². The monoisotopic (exact) mass is 208 g/mol. The number of piperidine rings is 1. The van der Waals surface area contributed by atoms with E-state index in [1.807, 2.05) is 6.20 Å². The molecule has 0 amide bonds. The summed E-state index contributed by atoms with van der Waals surface area (Å²) in [5.74, 6) is 1.29. The second kappa shape index (κ2) is 5.94. The van der Waals surface area contributed by atoms with Gasteiger partial charge >= 0.3 is 0 Å². The van der Waals surface area contributed by atoms with E-state index in [0.717, 1.165) is 13.0 Å². The second-order valence-electron chi connectivity index (χ2n) is 4.69. The standard InChI is InChI=1S/C13H24N2/c1-5-9-15-12(4)7-6-8-13(15)14-10-11(2)3/h10,12H,5-9H2,1-4H3/t12-/m1/s1. The van der Waals surface area contributed by atoms with Crippen molar-refractivity contribution in [3.05, 3.63) is 11.8 Å². The molecule has 0 aromatic heterocycles. The molecule has 1 heterocycles. The van der Waals surface area contributed by atoms with Crippen LogP contribution in [0.2, 0.25) is 0 Å². The van der Waals surface area contributed by atoms with Crippen LogP contribution in [0.5, 0.6) is 0 Å². The third kappa shape index (κ3) is 3.69. The molecule has 0 aromatic carbocycles. The Morgan fingerprint density at radius 2 is 2.27 bits per heavy atom. The number of likely N-dealkylation sites (tertiary alicyclic amines) is 1. The molecule has 2 heteroatoms. The van der Waals surface area contributed by atoms with E-state index in [2.05, 4.69) is 37.6 Å². The Morgan fingerprint density at radius 1 is 1.53 bits per heavy atom. The van der Waals surface area contributed by atoms with Crippen LogP contribution in [0.15, 0.2) is 16.8 Å². The number of hydrogen-bond acceptors (Lipinski definition) is 1. The Hall–Kier alpha value is -0.790. The van der Waals surface area contributed by atoms with Gasteiger partial charge in [0.05, 0.1) is 0 Å². The summed E-state index contributed by atoms with van der Waals surface area (Å²) in [5, 5.41) is 0. The first-order valence-corrected chi connectivity index (χ1v) is 6.11. The van der Waals surface area contributed by atoms with Gasteiger partial charge < -0.3 is 4.90 Å². The number of rotatable bonds is 3. The Labute approximate surface area is 94.1 Å². The average Bonchev–Trinajstić information content (AvgIpc) is 2.19. The number of allylic oxidation sites excluding steroid dienone is 1. The molecule has 1 aliphatic rings. The minimum Gasteiger partial charge on any atom is -0.357 e. The van der Waals surface area contributed by atoms with Gasteiger partial charge in [0.15, 0.2) is 0 Å². The van der Waals surface area contributed by atoms with Gasteiger partial charge in [-0.25, -0.2) is 4.99 Å². The highest BCUT2D eigenvalue weighted by Crippen LogP contribution is 2.19. The predicted octanol–water partition coefficient (Wildman–Crippen LogP) is 3.59. The van der Waals surface area contributed by atoms with Crippen LogP contribution in [-0.2, 0) is 0 Å². The van der Waals surface area contributed by atoms with E-state index in [9.17, 15) is 0 Å². The van der Waals surface area contributed by atoms with E-state index >= 15 is 0 Å². The summed E-state index contributed by atoms with van der Waals surface area (Å²) in [6.45, 7) is 9.89. The van der Waals surface area contributed by atoms with Crippen molar-refractivity contribution in [1.29, 1.82) is 0 Å². The Bertz CT molecular complexity index is 249. The number of amidine groups is 1. The van der Waals surface area contributed by atoms with Crippen molar-refractivity contribution < 1.29 is 0 Å². The highest BCUT2D eigenvalue weighted by molar-refractivity contribution is 5.83.